The molecule has 10 nitrogen and oxygen atoms in total. The number of aliphatic hydroxyl groups is 4. The van der Waals surface area contributed by atoms with E-state index in [1.807, 2.05) is 0 Å². The molecule has 1 aromatic rings. The van der Waals surface area contributed by atoms with Gasteiger partial charge in [-0.15, -0.1) is 0 Å². The largest absolute Gasteiger partial charge is 0.508 e. The molecular weight excluding hydrogens is 432 g/mol. The molecule has 0 aliphatic heterocycles. The number of fused-ring (bicyclic) bond motifs is 3. The van der Waals surface area contributed by atoms with Crippen LogP contribution in [0.5, 0.6) is 5.75 Å². The lowest BCUT2D eigenvalue weighted by atomic mass is 9.54. The van der Waals surface area contributed by atoms with Gasteiger partial charge in [0.15, 0.2) is 11.4 Å². The van der Waals surface area contributed by atoms with Gasteiger partial charge < -0.3 is 31.3 Å². The van der Waals surface area contributed by atoms with Crippen LogP contribution >= 0.6 is 0 Å². The number of carbonyl (C=O) groups excluding carboxylic acids is 3. The number of carbonyl (C=O) groups is 3. The Morgan fingerprint density at radius 2 is 1.76 bits per heavy atom. The van der Waals surface area contributed by atoms with Gasteiger partial charge in [-0.25, -0.2) is 0 Å². The summed E-state index contributed by atoms with van der Waals surface area (Å²) in [7, 11) is 2.93. The highest BCUT2D eigenvalue weighted by Crippen LogP contribution is 2.56. The molecule has 0 bridgehead atoms. The number of ketones is 2. The number of primary amides is 1. The molecule has 3 aliphatic carbocycles. The molecule has 1 amide bonds. The van der Waals surface area contributed by atoms with Crippen molar-refractivity contribution >= 4 is 23.2 Å². The van der Waals surface area contributed by atoms with Gasteiger partial charge in [0.2, 0.25) is 5.78 Å². The van der Waals surface area contributed by atoms with E-state index in [-0.39, 0.29) is 11.3 Å². The lowest BCUT2D eigenvalue weighted by Crippen LogP contribution is -2.70. The Morgan fingerprint density at radius 3 is 2.30 bits per heavy atom. The molecule has 0 spiro atoms. The minimum absolute atomic E-state index is 0.00834. The first kappa shape index (κ1) is 23.0. The Balaban J connectivity index is 2.07. The van der Waals surface area contributed by atoms with Gasteiger partial charge in [-0.1, -0.05) is 19.1 Å². The van der Waals surface area contributed by atoms with Crippen LogP contribution in [0, 0.1) is 18.8 Å². The third kappa shape index (κ3) is 2.68. The standard InChI is InChI=1S/C23H26N2O8/c1-7-5-6-9-8(2)10-12(17(27)11(9)16(7)26)20(30)23(33)14(18(10)28)15(25(3)4)19(29)13(21(23)31)22(24)32/h5-6,8,10,14-15,18,26-28,31,33H,1-4H3,(H2,24,32)/t8-,10+,14+,15+,18-,23-/m1/s1. The number of aryl methyl sites for hydroxylation is 1. The fraction of sp³-hybridized carbons (Fsp3) is 0.435. The fourth-order valence-corrected chi connectivity index (χ4v) is 5.72. The average Bonchev–Trinajstić information content (AvgIpc) is 2.72. The SMILES string of the molecule is Cc1ccc2c(c1O)C(O)=C1C(=O)[C@@]3(O)C(O)=C(C(N)=O)C(=O)[C@@H](N(C)C)[C@H]3[C@H](O)[C@H]1[C@@H]2C. The molecule has 0 radical (unpaired) electrons. The Kier molecular flexibility index (Phi) is 4.97. The van der Waals surface area contributed by atoms with Gasteiger partial charge in [-0.05, 0) is 38.1 Å². The van der Waals surface area contributed by atoms with Crippen molar-refractivity contribution in [3.8, 4) is 5.75 Å². The van der Waals surface area contributed by atoms with Crippen molar-refractivity contribution in [2.24, 2.45) is 17.6 Å². The zero-order valence-electron chi connectivity index (χ0n) is 18.5. The van der Waals surface area contributed by atoms with Crippen LogP contribution in [0.2, 0.25) is 0 Å². The van der Waals surface area contributed by atoms with Gasteiger partial charge in [0, 0.05) is 11.5 Å². The van der Waals surface area contributed by atoms with Crippen molar-refractivity contribution < 1.29 is 39.9 Å². The van der Waals surface area contributed by atoms with Gasteiger partial charge in [0.1, 0.15) is 22.8 Å². The number of hydrogen-bond acceptors (Lipinski definition) is 9. The van der Waals surface area contributed by atoms with Crippen LogP contribution in [0.4, 0.5) is 0 Å². The molecule has 0 unspecified atom stereocenters. The maximum Gasteiger partial charge on any atom is 0.255 e. The van der Waals surface area contributed by atoms with E-state index in [1.54, 1.807) is 26.0 Å². The molecule has 176 valence electrons. The van der Waals surface area contributed by atoms with Crippen LogP contribution < -0.4 is 5.73 Å². The molecule has 7 N–H and O–H groups in total. The van der Waals surface area contributed by atoms with Crippen LogP contribution in [0.1, 0.15) is 29.5 Å². The monoisotopic (exact) mass is 458 g/mol. The second-order valence-corrected chi connectivity index (χ2v) is 9.24. The molecule has 1 saturated carbocycles. The van der Waals surface area contributed by atoms with Gasteiger partial charge in [-0.3, -0.25) is 19.3 Å². The minimum atomic E-state index is -2.90. The summed E-state index contributed by atoms with van der Waals surface area (Å²) < 4.78 is 0. The van der Waals surface area contributed by atoms with Gasteiger partial charge >= 0.3 is 0 Å². The van der Waals surface area contributed by atoms with Crippen molar-refractivity contribution in [3.05, 3.63) is 45.7 Å². The van der Waals surface area contributed by atoms with Crippen LogP contribution in [0.3, 0.4) is 0 Å². The van der Waals surface area contributed by atoms with E-state index in [9.17, 15) is 39.9 Å². The van der Waals surface area contributed by atoms with Crippen molar-refractivity contribution in [1.82, 2.24) is 4.90 Å². The van der Waals surface area contributed by atoms with Gasteiger partial charge in [0.05, 0.1) is 23.6 Å². The molecule has 33 heavy (non-hydrogen) atoms. The number of amides is 1. The van der Waals surface area contributed by atoms with Gasteiger partial charge in [0.25, 0.3) is 5.91 Å². The maximum absolute atomic E-state index is 13.7. The Morgan fingerprint density at radius 1 is 1.15 bits per heavy atom. The summed E-state index contributed by atoms with van der Waals surface area (Å²) in [6.45, 7) is 3.29. The quantitative estimate of drug-likeness (QED) is 0.327. The summed E-state index contributed by atoms with van der Waals surface area (Å²) in [6.07, 6.45) is -1.59. The highest BCUT2D eigenvalue weighted by molar-refractivity contribution is 6.24. The van der Waals surface area contributed by atoms with Crippen molar-refractivity contribution in [2.45, 2.75) is 37.5 Å². The topological polar surface area (TPSA) is 182 Å². The summed E-state index contributed by atoms with van der Waals surface area (Å²) in [5, 5.41) is 55.5. The molecular formula is C23H26N2O8. The number of nitrogens with zero attached hydrogens (tertiary/aromatic N) is 1. The van der Waals surface area contributed by atoms with Gasteiger partial charge in [-0.2, -0.15) is 0 Å². The minimum Gasteiger partial charge on any atom is -0.508 e. The van der Waals surface area contributed by atoms with Crippen LogP contribution in [0.25, 0.3) is 5.76 Å². The number of rotatable bonds is 2. The molecule has 10 heteroatoms. The molecule has 4 rings (SSSR count). The third-order valence-corrected chi connectivity index (χ3v) is 7.33. The number of hydrogen-bond donors (Lipinski definition) is 6. The number of phenolic OH excluding ortho intramolecular Hbond substituents is 1. The summed E-state index contributed by atoms with van der Waals surface area (Å²) in [6, 6.07) is 1.94. The van der Waals surface area contributed by atoms with Crippen molar-refractivity contribution in [3.63, 3.8) is 0 Å². The number of benzene rings is 1. The summed E-state index contributed by atoms with van der Waals surface area (Å²) in [5.74, 6) is -8.82. The van der Waals surface area contributed by atoms with E-state index in [1.165, 1.54) is 19.0 Å². The smallest absolute Gasteiger partial charge is 0.255 e. The number of Topliss-reactive ketones (excluding diaryl/α,β-unsaturated/α-hetero) is 2. The van der Waals surface area contributed by atoms with E-state index in [0.717, 1.165) is 0 Å². The van der Waals surface area contributed by atoms with E-state index in [2.05, 4.69) is 0 Å². The highest BCUT2D eigenvalue weighted by Gasteiger charge is 2.68. The molecule has 0 saturated heterocycles. The predicted molar refractivity (Wildman–Crippen MR) is 115 cm³/mol. The number of aliphatic hydroxyl groups excluding tert-OH is 3. The zero-order chi connectivity index (χ0) is 24.7. The second kappa shape index (κ2) is 7.14. The number of aromatic hydroxyl groups is 1. The molecule has 3 aliphatic rings. The Bertz CT molecular complexity index is 1180. The maximum atomic E-state index is 13.7. The number of phenols is 1. The first-order valence-electron chi connectivity index (χ1n) is 10.4. The molecule has 1 aromatic carbocycles. The molecule has 6 atom stereocenters. The average molecular weight is 458 g/mol. The van der Waals surface area contributed by atoms with E-state index >= 15 is 0 Å². The number of nitrogens with two attached hydrogens (primary N) is 1. The lowest BCUT2D eigenvalue weighted by Gasteiger charge is -2.53. The van der Waals surface area contributed by atoms with Crippen LogP contribution in [-0.4, -0.2) is 79.7 Å². The summed E-state index contributed by atoms with van der Waals surface area (Å²) in [4.78, 5) is 40.1. The summed E-state index contributed by atoms with van der Waals surface area (Å²) in [5.41, 5.74) is 1.94. The predicted octanol–water partition coefficient (Wildman–Crippen LogP) is -0.196. The van der Waals surface area contributed by atoms with Crippen molar-refractivity contribution in [2.75, 3.05) is 14.1 Å². The van der Waals surface area contributed by atoms with Crippen molar-refractivity contribution in [1.29, 1.82) is 0 Å². The summed E-state index contributed by atoms with van der Waals surface area (Å²) >= 11 is 0. The van der Waals surface area contributed by atoms with E-state index in [0.29, 0.717) is 11.1 Å². The Labute approximate surface area is 189 Å². The first-order chi connectivity index (χ1) is 15.3. The zero-order valence-corrected chi connectivity index (χ0v) is 18.5. The number of likely N-dealkylation sites (N-methyl/N-ethyl adjacent to an activating group) is 1. The second-order valence-electron chi connectivity index (χ2n) is 9.24. The lowest BCUT2D eigenvalue weighted by molar-refractivity contribution is -0.169. The van der Waals surface area contributed by atoms with E-state index in [4.69, 9.17) is 5.73 Å². The molecule has 0 aromatic heterocycles. The Hall–Kier alpha value is -3.21. The molecule has 0 heterocycles. The van der Waals surface area contributed by atoms with Crippen LogP contribution in [-0.2, 0) is 14.4 Å². The third-order valence-electron chi connectivity index (χ3n) is 7.33. The molecule has 1 fully saturated rings. The van der Waals surface area contributed by atoms with Crippen LogP contribution in [0.15, 0.2) is 29.0 Å². The normalized spacial score (nSPS) is 33.7. The first-order valence-corrected chi connectivity index (χ1v) is 10.4. The van der Waals surface area contributed by atoms with E-state index < -0.39 is 75.6 Å². The highest BCUT2D eigenvalue weighted by atomic mass is 16.4. The fourth-order valence-electron chi connectivity index (χ4n) is 5.72.